The zero-order valence-corrected chi connectivity index (χ0v) is 16.0. The van der Waals surface area contributed by atoms with Gasteiger partial charge in [-0.3, -0.25) is 9.59 Å². The molecule has 5 heteroatoms. The first-order valence-electron chi connectivity index (χ1n) is 9.54. The van der Waals surface area contributed by atoms with Crippen LogP contribution in [0.4, 0.5) is 17.1 Å². The van der Waals surface area contributed by atoms with Crippen LogP contribution in [0.2, 0.25) is 0 Å². The number of carbonyl (C=O) groups excluding carboxylic acids is 2. The maximum absolute atomic E-state index is 13.1. The number of carbonyl (C=O) groups is 2. The van der Waals surface area contributed by atoms with Gasteiger partial charge in [0.15, 0.2) is 0 Å². The molecule has 2 heterocycles. The molecule has 2 aromatic carbocycles. The molecule has 0 bridgehead atoms. The predicted octanol–water partition coefficient (Wildman–Crippen LogP) is 3.37. The smallest absolute Gasteiger partial charge is 0.249 e. The van der Waals surface area contributed by atoms with Crippen molar-refractivity contribution in [3.63, 3.8) is 0 Å². The van der Waals surface area contributed by atoms with Crippen molar-refractivity contribution in [3.05, 3.63) is 53.6 Å². The molecule has 0 saturated carbocycles. The van der Waals surface area contributed by atoms with Crippen LogP contribution in [0.15, 0.2) is 42.5 Å². The Morgan fingerprint density at radius 3 is 2.67 bits per heavy atom. The third-order valence-electron chi connectivity index (χ3n) is 5.55. The monoisotopic (exact) mass is 363 g/mol. The van der Waals surface area contributed by atoms with E-state index < -0.39 is 0 Å². The van der Waals surface area contributed by atoms with Gasteiger partial charge in [-0.05, 0) is 62.1 Å². The molecule has 2 aliphatic rings. The molecular formula is C22H25N3O2. The molecule has 0 saturated heterocycles. The fraction of sp³-hybridized carbons (Fsp3) is 0.364. The summed E-state index contributed by atoms with van der Waals surface area (Å²) in [6.45, 7) is 6.32. The quantitative estimate of drug-likeness (QED) is 0.910. The third-order valence-corrected chi connectivity index (χ3v) is 5.55. The number of hydrogen-bond donors (Lipinski definition) is 1. The Morgan fingerprint density at radius 1 is 1.11 bits per heavy atom. The van der Waals surface area contributed by atoms with Gasteiger partial charge in [0.2, 0.25) is 11.8 Å². The van der Waals surface area contributed by atoms with Crippen molar-refractivity contribution in [2.45, 2.75) is 45.7 Å². The lowest BCUT2D eigenvalue weighted by atomic mass is 10.1. The molecule has 0 aromatic heterocycles. The summed E-state index contributed by atoms with van der Waals surface area (Å²) in [4.78, 5) is 28.5. The van der Waals surface area contributed by atoms with Gasteiger partial charge < -0.3 is 15.1 Å². The molecule has 0 fully saturated rings. The standard InChI is InChI=1S/C22H25N3O2/c1-14-12-17-6-4-5-7-21(17)25(14)22(27)15(2)23-19-8-9-20-18(13-19)10-11-24(20)16(3)26/h4-9,13-15,23H,10-12H2,1-3H3/t14-,15+/m0/s1. The second-order valence-electron chi connectivity index (χ2n) is 7.52. The Hall–Kier alpha value is -2.82. The lowest BCUT2D eigenvalue weighted by Gasteiger charge is -2.27. The summed E-state index contributed by atoms with van der Waals surface area (Å²) in [6.07, 6.45) is 1.75. The molecule has 4 rings (SSSR count). The van der Waals surface area contributed by atoms with E-state index in [1.54, 1.807) is 11.8 Å². The number of amides is 2. The van der Waals surface area contributed by atoms with E-state index >= 15 is 0 Å². The van der Waals surface area contributed by atoms with Gasteiger partial charge in [0.25, 0.3) is 0 Å². The molecule has 5 nitrogen and oxygen atoms in total. The Morgan fingerprint density at radius 2 is 1.89 bits per heavy atom. The molecule has 2 atom stereocenters. The Balaban J connectivity index is 1.51. The first kappa shape index (κ1) is 17.6. The number of rotatable bonds is 3. The maximum Gasteiger partial charge on any atom is 0.249 e. The molecule has 2 amide bonds. The minimum Gasteiger partial charge on any atom is -0.374 e. The minimum absolute atomic E-state index is 0.0692. The van der Waals surface area contributed by atoms with Gasteiger partial charge >= 0.3 is 0 Å². The van der Waals surface area contributed by atoms with Crippen LogP contribution < -0.4 is 15.1 Å². The molecule has 140 valence electrons. The van der Waals surface area contributed by atoms with E-state index in [1.807, 2.05) is 42.2 Å². The van der Waals surface area contributed by atoms with Gasteiger partial charge in [-0.2, -0.15) is 0 Å². The highest BCUT2D eigenvalue weighted by Crippen LogP contribution is 2.33. The minimum atomic E-state index is -0.332. The highest BCUT2D eigenvalue weighted by molar-refractivity contribution is 6.01. The number of para-hydroxylation sites is 1. The van der Waals surface area contributed by atoms with Crippen molar-refractivity contribution in [1.29, 1.82) is 0 Å². The van der Waals surface area contributed by atoms with Crippen LogP contribution >= 0.6 is 0 Å². The normalized spacial score (nSPS) is 18.9. The van der Waals surface area contributed by atoms with E-state index in [0.29, 0.717) is 0 Å². The highest BCUT2D eigenvalue weighted by Gasteiger charge is 2.33. The summed E-state index contributed by atoms with van der Waals surface area (Å²) >= 11 is 0. The number of fused-ring (bicyclic) bond motifs is 2. The maximum atomic E-state index is 13.1. The molecule has 2 aromatic rings. The van der Waals surface area contributed by atoms with Crippen molar-refractivity contribution in [2.75, 3.05) is 21.7 Å². The average molecular weight is 363 g/mol. The van der Waals surface area contributed by atoms with Crippen molar-refractivity contribution < 1.29 is 9.59 Å². The lowest BCUT2D eigenvalue weighted by molar-refractivity contribution is -0.119. The van der Waals surface area contributed by atoms with E-state index in [9.17, 15) is 9.59 Å². The van der Waals surface area contributed by atoms with Crippen molar-refractivity contribution in [1.82, 2.24) is 0 Å². The molecule has 0 radical (unpaired) electrons. The topological polar surface area (TPSA) is 52.7 Å². The van der Waals surface area contributed by atoms with Gasteiger partial charge in [-0.15, -0.1) is 0 Å². The van der Waals surface area contributed by atoms with Crippen LogP contribution in [0.5, 0.6) is 0 Å². The molecule has 0 unspecified atom stereocenters. The summed E-state index contributed by atoms with van der Waals surface area (Å²) < 4.78 is 0. The Kier molecular flexibility index (Phi) is 4.38. The van der Waals surface area contributed by atoms with Crippen LogP contribution in [-0.2, 0) is 22.4 Å². The number of anilines is 3. The van der Waals surface area contributed by atoms with Gasteiger partial charge in [0, 0.05) is 36.6 Å². The van der Waals surface area contributed by atoms with Crippen LogP contribution in [0.1, 0.15) is 31.9 Å². The first-order valence-corrected chi connectivity index (χ1v) is 9.54. The average Bonchev–Trinajstić information content (AvgIpc) is 3.20. The summed E-state index contributed by atoms with van der Waals surface area (Å²) in [5.74, 6) is 0.151. The first-order chi connectivity index (χ1) is 13.0. The van der Waals surface area contributed by atoms with Gasteiger partial charge in [0.1, 0.15) is 6.04 Å². The number of nitrogens with zero attached hydrogens (tertiary/aromatic N) is 2. The van der Waals surface area contributed by atoms with E-state index in [-0.39, 0.29) is 23.9 Å². The Bertz CT molecular complexity index is 908. The number of benzene rings is 2. The number of nitrogens with one attached hydrogen (secondary N) is 1. The molecule has 27 heavy (non-hydrogen) atoms. The molecule has 0 spiro atoms. The Labute approximate surface area is 160 Å². The largest absolute Gasteiger partial charge is 0.374 e. The van der Waals surface area contributed by atoms with Crippen LogP contribution in [0.3, 0.4) is 0 Å². The van der Waals surface area contributed by atoms with Gasteiger partial charge in [-0.25, -0.2) is 0 Å². The zero-order valence-electron chi connectivity index (χ0n) is 16.0. The van der Waals surface area contributed by atoms with Crippen molar-refractivity contribution in [3.8, 4) is 0 Å². The van der Waals surface area contributed by atoms with E-state index in [0.717, 1.165) is 42.0 Å². The number of hydrogen-bond acceptors (Lipinski definition) is 3. The summed E-state index contributed by atoms with van der Waals surface area (Å²) in [5.41, 5.74) is 5.30. The van der Waals surface area contributed by atoms with E-state index in [1.165, 1.54) is 5.56 Å². The molecule has 2 aliphatic heterocycles. The van der Waals surface area contributed by atoms with E-state index in [4.69, 9.17) is 0 Å². The van der Waals surface area contributed by atoms with Gasteiger partial charge in [-0.1, -0.05) is 18.2 Å². The third kappa shape index (κ3) is 3.07. The zero-order chi connectivity index (χ0) is 19.1. The van der Waals surface area contributed by atoms with E-state index in [2.05, 4.69) is 24.4 Å². The van der Waals surface area contributed by atoms with Gasteiger partial charge in [0.05, 0.1) is 0 Å². The summed E-state index contributed by atoms with van der Waals surface area (Å²) in [6, 6.07) is 13.9. The fourth-order valence-corrected chi connectivity index (χ4v) is 4.24. The van der Waals surface area contributed by atoms with Crippen LogP contribution in [0.25, 0.3) is 0 Å². The molecular weight excluding hydrogens is 338 g/mol. The lowest BCUT2D eigenvalue weighted by Crippen LogP contribution is -2.44. The SMILES string of the molecule is CC(=O)N1CCc2cc(N[C@H](C)C(=O)N3c4ccccc4C[C@@H]3C)ccc21. The second kappa shape index (κ2) is 6.72. The highest BCUT2D eigenvalue weighted by atomic mass is 16.2. The predicted molar refractivity (Wildman–Crippen MR) is 108 cm³/mol. The summed E-state index contributed by atoms with van der Waals surface area (Å²) in [5, 5.41) is 3.35. The molecule has 0 aliphatic carbocycles. The van der Waals surface area contributed by atoms with Crippen molar-refractivity contribution >= 4 is 28.9 Å². The van der Waals surface area contributed by atoms with Crippen LogP contribution in [0, 0.1) is 0 Å². The van der Waals surface area contributed by atoms with Crippen LogP contribution in [-0.4, -0.2) is 30.4 Å². The van der Waals surface area contributed by atoms with Crippen molar-refractivity contribution in [2.24, 2.45) is 0 Å². The molecule has 1 N–H and O–H groups in total. The summed E-state index contributed by atoms with van der Waals surface area (Å²) in [7, 11) is 0. The second-order valence-corrected chi connectivity index (χ2v) is 7.52. The fourth-order valence-electron chi connectivity index (χ4n) is 4.24.